The van der Waals surface area contributed by atoms with Crippen molar-refractivity contribution in [3.05, 3.63) is 34.0 Å². The maximum atomic E-state index is 12.0. The first-order valence-corrected chi connectivity index (χ1v) is 7.32. The zero-order valence-corrected chi connectivity index (χ0v) is 14.0. The molecular weight excluding hydrogens is 336 g/mol. The van der Waals surface area contributed by atoms with Crippen LogP contribution in [0, 0.1) is 0 Å². The van der Waals surface area contributed by atoms with Gasteiger partial charge in [-0.2, -0.15) is 4.68 Å². The Kier molecular flexibility index (Phi) is 4.02. The number of ether oxygens (including phenoxy) is 2. The summed E-state index contributed by atoms with van der Waals surface area (Å²) in [5.41, 5.74) is 7.11. The fourth-order valence-electron chi connectivity index (χ4n) is 2.74. The Morgan fingerprint density at radius 2 is 2.12 bits per heavy atom. The molecule has 0 aliphatic carbocycles. The minimum Gasteiger partial charge on any atom is -0.493 e. The van der Waals surface area contributed by atoms with Crippen LogP contribution in [-0.4, -0.2) is 40.3 Å². The Hall–Kier alpha value is -2.81. The van der Waals surface area contributed by atoms with Crippen molar-refractivity contribution in [1.82, 2.24) is 20.2 Å². The highest BCUT2D eigenvalue weighted by molar-refractivity contribution is 6.32. The molecule has 1 unspecified atom stereocenters. The van der Waals surface area contributed by atoms with Crippen molar-refractivity contribution in [3.63, 3.8) is 0 Å². The summed E-state index contributed by atoms with van der Waals surface area (Å²) < 4.78 is 12.0. The number of amides is 1. The number of carbonyl (C=O) groups is 1. The zero-order valence-electron chi connectivity index (χ0n) is 13.2. The first kappa shape index (κ1) is 16.1. The first-order chi connectivity index (χ1) is 11.5. The molecule has 1 aromatic heterocycles. The van der Waals surface area contributed by atoms with Crippen molar-refractivity contribution in [1.29, 1.82) is 0 Å². The van der Waals surface area contributed by atoms with Crippen LogP contribution in [-0.2, 0) is 4.79 Å². The summed E-state index contributed by atoms with van der Waals surface area (Å²) in [7, 11) is 2.99. The molecule has 0 spiro atoms. The number of nitrogens with zero attached hydrogens (tertiary/aromatic N) is 4. The molecule has 0 bridgehead atoms. The predicted molar refractivity (Wildman–Crippen MR) is 86.0 cm³/mol. The number of nitrogens with one attached hydrogen (secondary N) is 1. The lowest BCUT2D eigenvalue weighted by atomic mass is 9.95. The fraction of sp³-hybridized carbons (Fsp3) is 0.286. The normalized spacial score (nSPS) is 16.4. The summed E-state index contributed by atoms with van der Waals surface area (Å²) in [4.78, 5) is 12.0. The van der Waals surface area contributed by atoms with E-state index in [2.05, 4.69) is 20.8 Å². The molecule has 1 atom stereocenters. The number of methoxy groups -OCH3 is 2. The van der Waals surface area contributed by atoms with E-state index >= 15 is 0 Å². The third kappa shape index (κ3) is 2.42. The molecule has 1 aromatic carbocycles. The van der Waals surface area contributed by atoms with Crippen LogP contribution in [0.4, 0.5) is 5.95 Å². The van der Waals surface area contributed by atoms with Gasteiger partial charge in [-0.3, -0.25) is 4.79 Å². The number of hydrogen-bond acceptors (Lipinski definition) is 7. The lowest BCUT2D eigenvalue weighted by molar-refractivity contribution is -0.115. The van der Waals surface area contributed by atoms with Crippen LogP contribution < -0.4 is 20.5 Å². The molecule has 0 saturated carbocycles. The minimum atomic E-state index is -0.633. The molecule has 2 heterocycles. The lowest BCUT2D eigenvalue weighted by Crippen LogP contribution is -2.31. The topological polar surface area (TPSA) is 117 Å². The van der Waals surface area contributed by atoms with Gasteiger partial charge in [0.1, 0.15) is 6.04 Å². The standard InChI is InChI=1S/C14H15ClN6O3/c1-6-10(13(16)22)11(21-14(17-6)18-19-20-21)7-4-8(15)12(24-3)9(5-7)23-2/h4-5,11H,1-3H3,(H2,16,22)(H,17,18,20). The molecule has 0 radical (unpaired) electrons. The second-order valence-corrected chi connectivity index (χ2v) is 5.52. The fourth-order valence-corrected chi connectivity index (χ4v) is 3.03. The average molecular weight is 351 g/mol. The molecule has 126 valence electrons. The predicted octanol–water partition coefficient (Wildman–Crippen LogP) is 1.12. The van der Waals surface area contributed by atoms with Crippen LogP contribution in [0.15, 0.2) is 23.4 Å². The van der Waals surface area contributed by atoms with Gasteiger partial charge in [0, 0.05) is 5.70 Å². The molecule has 2 aromatic rings. The van der Waals surface area contributed by atoms with E-state index in [1.807, 2.05) is 0 Å². The van der Waals surface area contributed by atoms with Gasteiger partial charge in [0.15, 0.2) is 11.5 Å². The van der Waals surface area contributed by atoms with Gasteiger partial charge < -0.3 is 20.5 Å². The Morgan fingerprint density at radius 3 is 2.75 bits per heavy atom. The zero-order chi connectivity index (χ0) is 17.4. The summed E-state index contributed by atoms with van der Waals surface area (Å²) in [6.45, 7) is 1.73. The quantitative estimate of drug-likeness (QED) is 0.848. The second kappa shape index (κ2) is 6.00. The van der Waals surface area contributed by atoms with Crippen LogP contribution in [0.2, 0.25) is 5.02 Å². The maximum Gasteiger partial charge on any atom is 0.248 e. The van der Waals surface area contributed by atoms with Crippen LogP contribution in [0.25, 0.3) is 0 Å². The molecule has 1 aliphatic heterocycles. The van der Waals surface area contributed by atoms with Gasteiger partial charge in [0.25, 0.3) is 0 Å². The molecule has 3 rings (SSSR count). The third-order valence-electron chi connectivity index (χ3n) is 3.75. The monoisotopic (exact) mass is 350 g/mol. The SMILES string of the molecule is COc1cc(C2C(C(N)=O)=C(C)Nc3nnnn32)cc(Cl)c1OC. The van der Waals surface area contributed by atoms with Crippen molar-refractivity contribution in [3.8, 4) is 11.5 Å². The number of carbonyl (C=O) groups excluding carboxylic acids is 1. The van der Waals surface area contributed by atoms with E-state index in [9.17, 15) is 4.79 Å². The molecule has 1 aliphatic rings. The summed E-state index contributed by atoms with van der Waals surface area (Å²) >= 11 is 6.28. The number of hydrogen-bond donors (Lipinski definition) is 2. The largest absolute Gasteiger partial charge is 0.493 e. The van der Waals surface area contributed by atoms with Crippen molar-refractivity contribution >= 4 is 23.5 Å². The smallest absolute Gasteiger partial charge is 0.248 e. The molecule has 9 nitrogen and oxygen atoms in total. The van der Waals surface area contributed by atoms with Gasteiger partial charge >= 0.3 is 0 Å². The number of benzene rings is 1. The number of rotatable bonds is 4. The molecule has 24 heavy (non-hydrogen) atoms. The van der Waals surface area contributed by atoms with Gasteiger partial charge in [-0.25, -0.2) is 0 Å². The average Bonchev–Trinajstić information content (AvgIpc) is 3.00. The summed E-state index contributed by atoms with van der Waals surface area (Å²) in [5.74, 6) is 0.634. The van der Waals surface area contributed by atoms with Crippen molar-refractivity contribution in [2.24, 2.45) is 5.73 Å². The number of fused-ring (bicyclic) bond motifs is 1. The highest BCUT2D eigenvalue weighted by Gasteiger charge is 2.33. The lowest BCUT2D eigenvalue weighted by Gasteiger charge is -2.27. The number of anilines is 1. The van der Waals surface area contributed by atoms with E-state index in [1.54, 1.807) is 19.1 Å². The molecule has 1 amide bonds. The number of nitrogens with two attached hydrogens (primary N) is 1. The number of primary amides is 1. The molecular formula is C14H15ClN6O3. The number of halogens is 1. The Balaban J connectivity index is 2.24. The van der Waals surface area contributed by atoms with E-state index in [0.29, 0.717) is 39.3 Å². The minimum absolute atomic E-state index is 0.332. The number of allylic oxidation sites excluding steroid dienone is 1. The van der Waals surface area contributed by atoms with E-state index in [4.69, 9.17) is 26.8 Å². The number of tetrazole rings is 1. The number of aromatic nitrogens is 4. The summed E-state index contributed by atoms with van der Waals surface area (Å²) in [6, 6.07) is 2.74. The van der Waals surface area contributed by atoms with Gasteiger partial charge in [0.2, 0.25) is 11.9 Å². The van der Waals surface area contributed by atoms with E-state index in [1.165, 1.54) is 18.9 Å². The summed E-state index contributed by atoms with van der Waals surface area (Å²) in [6.07, 6.45) is 0. The first-order valence-electron chi connectivity index (χ1n) is 6.94. The van der Waals surface area contributed by atoms with Gasteiger partial charge in [-0.05, 0) is 35.0 Å². The van der Waals surface area contributed by atoms with Crippen molar-refractivity contribution in [2.75, 3.05) is 19.5 Å². The van der Waals surface area contributed by atoms with Gasteiger partial charge in [0.05, 0.1) is 24.8 Å². The molecule has 3 N–H and O–H groups in total. The van der Waals surface area contributed by atoms with E-state index < -0.39 is 11.9 Å². The Morgan fingerprint density at radius 1 is 1.38 bits per heavy atom. The summed E-state index contributed by atoms with van der Waals surface area (Å²) in [5, 5.41) is 14.8. The Bertz CT molecular complexity index is 847. The maximum absolute atomic E-state index is 12.0. The molecule has 10 heteroatoms. The van der Waals surface area contributed by atoms with Gasteiger partial charge in [-0.15, -0.1) is 0 Å². The highest BCUT2D eigenvalue weighted by Crippen LogP contribution is 2.41. The van der Waals surface area contributed by atoms with Gasteiger partial charge in [-0.1, -0.05) is 16.7 Å². The van der Waals surface area contributed by atoms with Crippen LogP contribution in [0.5, 0.6) is 11.5 Å². The Labute approximate surface area is 142 Å². The van der Waals surface area contributed by atoms with Crippen LogP contribution in [0.1, 0.15) is 18.5 Å². The third-order valence-corrected chi connectivity index (χ3v) is 4.03. The van der Waals surface area contributed by atoms with Crippen molar-refractivity contribution in [2.45, 2.75) is 13.0 Å². The van der Waals surface area contributed by atoms with E-state index in [0.717, 1.165) is 0 Å². The molecule has 0 saturated heterocycles. The van der Waals surface area contributed by atoms with Crippen molar-refractivity contribution < 1.29 is 14.3 Å². The highest BCUT2D eigenvalue weighted by atomic mass is 35.5. The second-order valence-electron chi connectivity index (χ2n) is 5.12. The van der Waals surface area contributed by atoms with Crippen LogP contribution >= 0.6 is 11.6 Å². The van der Waals surface area contributed by atoms with Crippen LogP contribution in [0.3, 0.4) is 0 Å². The van der Waals surface area contributed by atoms with E-state index in [-0.39, 0.29) is 0 Å². The molecule has 0 fully saturated rings.